The van der Waals surface area contributed by atoms with Gasteiger partial charge in [-0.25, -0.2) is 0 Å². The van der Waals surface area contributed by atoms with Crippen LogP contribution in [-0.2, 0) is 5.60 Å². The molecule has 0 aliphatic heterocycles. The third-order valence-electron chi connectivity index (χ3n) is 2.04. The zero-order valence-electron chi connectivity index (χ0n) is 7.22. The second-order valence-corrected chi connectivity index (χ2v) is 4.19. The average molecular weight is 170 g/mol. The summed E-state index contributed by atoms with van der Waals surface area (Å²) in [6.07, 6.45) is 0.767. The van der Waals surface area contributed by atoms with Gasteiger partial charge in [-0.1, -0.05) is 6.92 Å². The standard InChI is InChI=1S/C9H14OS/c1-4-9(3,10)8-5-7(2)11-6-8/h5-6,10H,4H2,1-3H3. The Morgan fingerprint density at radius 2 is 2.27 bits per heavy atom. The molecule has 0 radical (unpaired) electrons. The predicted octanol–water partition coefficient (Wildman–Crippen LogP) is 2.67. The molecule has 0 bridgehead atoms. The summed E-state index contributed by atoms with van der Waals surface area (Å²) in [5.41, 5.74) is 0.410. The van der Waals surface area contributed by atoms with Crippen molar-refractivity contribution in [3.63, 3.8) is 0 Å². The van der Waals surface area contributed by atoms with Gasteiger partial charge >= 0.3 is 0 Å². The molecular formula is C9H14OS. The number of aryl methyl sites for hydroxylation is 1. The van der Waals surface area contributed by atoms with E-state index in [1.807, 2.05) is 25.3 Å². The van der Waals surface area contributed by atoms with Gasteiger partial charge in [0.1, 0.15) is 0 Å². The summed E-state index contributed by atoms with van der Waals surface area (Å²) in [5, 5.41) is 11.8. The number of thiophene rings is 1. The van der Waals surface area contributed by atoms with Crippen LogP contribution in [0.3, 0.4) is 0 Å². The van der Waals surface area contributed by atoms with E-state index in [0.29, 0.717) is 0 Å². The highest BCUT2D eigenvalue weighted by molar-refractivity contribution is 7.10. The Labute approximate surface area is 71.7 Å². The van der Waals surface area contributed by atoms with E-state index < -0.39 is 5.60 Å². The smallest absolute Gasteiger partial charge is 0.0874 e. The maximum absolute atomic E-state index is 9.81. The summed E-state index contributed by atoms with van der Waals surface area (Å²) in [5.74, 6) is 0. The van der Waals surface area contributed by atoms with Gasteiger partial charge in [-0.05, 0) is 37.3 Å². The molecule has 1 nitrogen and oxygen atoms in total. The molecule has 0 aliphatic carbocycles. The van der Waals surface area contributed by atoms with Gasteiger partial charge in [-0.15, -0.1) is 11.3 Å². The molecule has 0 aromatic carbocycles. The van der Waals surface area contributed by atoms with Crippen LogP contribution in [0.2, 0.25) is 0 Å². The molecule has 0 fully saturated rings. The van der Waals surface area contributed by atoms with Crippen molar-refractivity contribution in [1.82, 2.24) is 0 Å². The summed E-state index contributed by atoms with van der Waals surface area (Å²) >= 11 is 1.69. The van der Waals surface area contributed by atoms with E-state index in [4.69, 9.17) is 0 Å². The summed E-state index contributed by atoms with van der Waals surface area (Å²) in [4.78, 5) is 1.26. The van der Waals surface area contributed by atoms with Crippen LogP contribution in [0, 0.1) is 6.92 Å². The zero-order chi connectivity index (χ0) is 8.48. The summed E-state index contributed by atoms with van der Waals surface area (Å²) in [7, 11) is 0. The van der Waals surface area contributed by atoms with Gasteiger partial charge in [0, 0.05) is 4.88 Å². The second-order valence-electron chi connectivity index (χ2n) is 3.07. The van der Waals surface area contributed by atoms with Crippen molar-refractivity contribution < 1.29 is 5.11 Å². The largest absolute Gasteiger partial charge is 0.385 e. The van der Waals surface area contributed by atoms with E-state index in [2.05, 4.69) is 6.92 Å². The lowest BCUT2D eigenvalue weighted by Gasteiger charge is -2.19. The lowest BCUT2D eigenvalue weighted by Crippen LogP contribution is -2.18. The molecule has 1 heterocycles. The molecule has 1 N–H and O–H groups in total. The van der Waals surface area contributed by atoms with E-state index in [1.54, 1.807) is 11.3 Å². The van der Waals surface area contributed by atoms with Crippen LogP contribution < -0.4 is 0 Å². The van der Waals surface area contributed by atoms with Crippen LogP contribution in [0.15, 0.2) is 11.4 Å². The van der Waals surface area contributed by atoms with E-state index in [0.717, 1.165) is 12.0 Å². The van der Waals surface area contributed by atoms with Crippen LogP contribution in [0.1, 0.15) is 30.7 Å². The van der Waals surface area contributed by atoms with Crippen molar-refractivity contribution in [2.24, 2.45) is 0 Å². The van der Waals surface area contributed by atoms with Crippen molar-refractivity contribution in [2.75, 3.05) is 0 Å². The molecule has 11 heavy (non-hydrogen) atoms. The Kier molecular flexibility index (Phi) is 2.35. The molecule has 0 spiro atoms. The Hall–Kier alpha value is -0.340. The van der Waals surface area contributed by atoms with Crippen LogP contribution >= 0.6 is 11.3 Å². The minimum absolute atomic E-state index is 0.634. The fourth-order valence-electron chi connectivity index (χ4n) is 0.930. The minimum atomic E-state index is -0.634. The third-order valence-corrected chi connectivity index (χ3v) is 2.90. The van der Waals surface area contributed by atoms with Gasteiger partial charge in [0.15, 0.2) is 0 Å². The van der Waals surface area contributed by atoms with Gasteiger partial charge in [0.25, 0.3) is 0 Å². The molecule has 1 aromatic rings. The first-order chi connectivity index (χ1) is 5.06. The summed E-state index contributed by atoms with van der Waals surface area (Å²) in [6, 6.07) is 2.05. The first kappa shape index (κ1) is 8.75. The van der Waals surface area contributed by atoms with Gasteiger partial charge in [0.2, 0.25) is 0 Å². The van der Waals surface area contributed by atoms with Gasteiger partial charge in [0.05, 0.1) is 5.60 Å². The first-order valence-electron chi connectivity index (χ1n) is 3.84. The van der Waals surface area contributed by atoms with Crippen molar-refractivity contribution in [1.29, 1.82) is 0 Å². The molecule has 0 amide bonds. The van der Waals surface area contributed by atoms with E-state index in [-0.39, 0.29) is 0 Å². The topological polar surface area (TPSA) is 20.2 Å². The first-order valence-corrected chi connectivity index (χ1v) is 4.72. The number of aliphatic hydroxyl groups is 1. The second kappa shape index (κ2) is 2.95. The van der Waals surface area contributed by atoms with Crippen LogP contribution in [0.4, 0.5) is 0 Å². The number of hydrogen-bond acceptors (Lipinski definition) is 2. The van der Waals surface area contributed by atoms with Crippen molar-refractivity contribution >= 4 is 11.3 Å². The molecule has 1 aromatic heterocycles. The van der Waals surface area contributed by atoms with Crippen molar-refractivity contribution in [3.8, 4) is 0 Å². The van der Waals surface area contributed by atoms with Gasteiger partial charge in [-0.2, -0.15) is 0 Å². The summed E-state index contributed by atoms with van der Waals surface area (Å²) in [6.45, 7) is 5.90. The Bertz CT molecular complexity index is 237. The highest BCUT2D eigenvalue weighted by Crippen LogP contribution is 2.27. The molecule has 0 saturated heterocycles. The molecule has 1 unspecified atom stereocenters. The molecular weight excluding hydrogens is 156 g/mol. The fourth-order valence-corrected chi connectivity index (χ4v) is 1.76. The van der Waals surface area contributed by atoms with Crippen molar-refractivity contribution in [3.05, 3.63) is 21.9 Å². The molecule has 1 rings (SSSR count). The van der Waals surface area contributed by atoms with E-state index in [9.17, 15) is 5.11 Å². The monoisotopic (exact) mass is 170 g/mol. The molecule has 0 saturated carbocycles. The SMILES string of the molecule is CCC(C)(O)c1csc(C)c1. The Morgan fingerprint density at radius 1 is 1.64 bits per heavy atom. The molecule has 62 valence electrons. The maximum atomic E-state index is 9.81. The zero-order valence-corrected chi connectivity index (χ0v) is 8.03. The fraction of sp³-hybridized carbons (Fsp3) is 0.556. The van der Waals surface area contributed by atoms with Gasteiger partial charge < -0.3 is 5.11 Å². The van der Waals surface area contributed by atoms with Crippen LogP contribution in [0.25, 0.3) is 0 Å². The quantitative estimate of drug-likeness (QED) is 0.723. The molecule has 0 aliphatic rings. The maximum Gasteiger partial charge on any atom is 0.0874 e. The summed E-state index contributed by atoms with van der Waals surface area (Å²) < 4.78 is 0. The lowest BCUT2D eigenvalue weighted by atomic mass is 9.96. The van der Waals surface area contributed by atoms with Crippen molar-refractivity contribution in [2.45, 2.75) is 32.8 Å². The Balaban J connectivity index is 2.92. The van der Waals surface area contributed by atoms with Crippen LogP contribution in [0.5, 0.6) is 0 Å². The number of hydrogen-bond donors (Lipinski definition) is 1. The number of rotatable bonds is 2. The minimum Gasteiger partial charge on any atom is -0.385 e. The lowest BCUT2D eigenvalue weighted by molar-refractivity contribution is 0.0535. The average Bonchev–Trinajstić information content (AvgIpc) is 2.36. The Morgan fingerprint density at radius 3 is 2.64 bits per heavy atom. The predicted molar refractivity (Wildman–Crippen MR) is 48.9 cm³/mol. The normalized spacial score (nSPS) is 16.4. The third kappa shape index (κ3) is 1.82. The highest BCUT2D eigenvalue weighted by Gasteiger charge is 2.20. The molecule has 2 heteroatoms. The van der Waals surface area contributed by atoms with Gasteiger partial charge in [-0.3, -0.25) is 0 Å². The van der Waals surface area contributed by atoms with E-state index >= 15 is 0 Å². The highest BCUT2D eigenvalue weighted by atomic mass is 32.1. The molecule has 1 atom stereocenters. The van der Waals surface area contributed by atoms with E-state index in [1.165, 1.54) is 4.88 Å². The van der Waals surface area contributed by atoms with Crippen LogP contribution in [-0.4, -0.2) is 5.11 Å².